The van der Waals surface area contributed by atoms with Gasteiger partial charge >= 0.3 is 0 Å². The second-order valence-corrected chi connectivity index (χ2v) is 4.49. The predicted molar refractivity (Wildman–Crippen MR) is 67.7 cm³/mol. The average Bonchev–Trinajstić information content (AvgIpc) is 2.57. The lowest BCUT2D eigenvalue weighted by atomic mass is 10.1. The summed E-state index contributed by atoms with van der Waals surface area (Å²) in [5.74, 6) is -0.290. The highest BCUT2D eigenvalue weighted by Crippen LogP contribution is 2.18. The smallest absolute Gasteiger partial charge is 0.253 e. The molecule has 1 aliphatic rings. The monoisotopic (exact) mass is 251 g/mol. The molecule has 5 heteroatoms. The molecule has 0 spiro atoms. The van der Waals surface area contributed by atoms with Crippen molar-refractivity contribution in [2.24, 2.45) is 16.8 Å². The van der Waals surface area contributed by atoms with E-state index in [1.807, 2.05) is 19.1 Å². The Morgan fingerprint density at radius 2 is 2.06 bits per heavy atom. The summed E-state index contributed by atoms with van der Waals surface area (Å²) in [5, 5.41) is 6.38. The summed E-state index contributed by atoms with van der Waals surface area (Å²) >= 11 is 5.80. The van der Waals surface area contributed by atoms with Crippen molar-refractivity contribution in [1.82, 2.24) is 5.01 Å². The molecule has 1 aromatic rings. The first-order valence-electron chi connectivity index (χ1n) is 5.43. The van der Waals surface area contributed by atoms with Crippen molar-refractivity contribution in [2.75, 3.05) is 6.54 Å². The van der Waals surface area contributed by atoms with Crippen LogP contribution in [-0.4, -0.2) is 23.2 Å². The zero-order chi connectivity index (χ0) is 12.4. The van der Waals surface area contributed by atoms with Crippen LogP contribution in [0.4, 0.5) is 0 Å². The van der Waals surface area contributed by atoms with Gasteiger partial charge in [-0.1, -0.05) is 23.7 Å². The summed E-state index contributed by atoms with van der Waals surface area (Å²) < 4.78 is 0. The molecule has 17 heavy (non-hydrogen) atoms. The van der Waals surface area contributed by atoms with E-state index in [0.29, 0.717) is 18.1 Å². The highest BCUT2D eigenvalue weighted by molar-refractivity contribution is 6.30. The number of carbonyl (C=O) groups is 1. The molecule has 1 atom stereocenters. The largest absolute Gasteiger partial charge is 0.329 e. The number of rotatable bonds is 3. The lowest BCUT2D eigenvalue weighted by molar-refractivity contribution is -0.132. The number of hydrazone groups is 1. The van der Waals surface area contributed by atoms with E-state index in [1.165, 1.54) is 5.01 Å². The van der Waals surface area contributed by atoms with Gasteiger partial charge in [0.2, 0.25) is 0 Å². The van der Waals surface area contributed by atoms with Crippen molar-refractivity contribution in [2.45, 2.75) is 13.5 Å². The Kier molecular flexibility index (Phi) is 3.45. The van der Waals surface area contributed by atoms with Crippen molar-refractivity contribution >= 4 is 23.2 Å². The van der Waals surface area contributed by atoms with E-state index in [2.05, 4.69) is 5.10 Å². The second kappa shape index (κ2) is 4.85. The van der Waals surface area contributed by atoms with E-state index in [4.69, 9.17) is 17.3 Å². The Labute approximate surface area is 105 Å². The maximum atomic E-state index is 11.9. The molecule has 1 aromatic carbocycles. The van der Waals surface area contributed by atoms with Gasteiger partial charge in [0, 0.05) is 17.3 Å². The van der Waals surface area contributed by atoms with E-state index in [1.54, 1.807) is 12.1 Å². The quantitative estimate of drug-likeness (QED) is 0.888. The number of hydrogen-bond acceptors (Lipinski definition) is 3. The van der Waals surface area contributed by atoms with Crippen LogP contribution in [0.3, 0.4) is 0 Å². The molecule has 0 aromatic heterocycles. The Bertz CT molecular complexity index is 455. The Hall–Kier alpha value is -1.39. The lowest BCUT2D eigenvalue weighted by Gasteiger charge is -2.13. The van der Waals surface area contributed by atoms with E-state index >= 15 is 0 Å². The molecule has 2 rings (SSSR count). The maximum Gasteiger partial charge on any atom is 0.253 e. The molecular weight excluding hydrogens is 238 g/mol. The molecule has 0 aliphatic carbocycles. The van der Waals surface area contributed by atoms with Crippen LogP contribution in [0.2, 0.25) is 5.02 Å². The van der Waals surface area contributed by atoms with Gasteiger partial charge in [-0.05, 0) is 24.6 Å². The molecule has 1 amide bonds. The molecule has 1 unspecified atom stereocenters. The number of halogens is 1. The molecule has 0 fully saturated rings. The fraction of sp³-hybridized carbons (Fsp3) is 0.333. The second-order valence-electron chi connectivity index (χ2n) is 4.05. The minimum absolute atomic E-state index is 0.0278. The third-order valence-corrected chi connectivity index (χ3v) is 3.07. The van der Waals surface area contributed by atoms with Gasteiger partial charge in [0.15, 0.2) is 0 Å². The maximum absolute atomic E-state index is 11.9. The Morgan fingerprint density at radius 1 is 1.41 bits per heavy atom. The molecule has 1 heterocycles. The van der Waals surface area contributed by atoms with Crippen LogP contribution in [0.25, 0.3) is 0 Å². The molecular formula is C12H14ClN3O. The first kappa shape index (κ1) is 12.1. The van der Waals surface area contributed by atoms with Crippen molar-refractivity contribution in [3.05, 3.63) is 34.9 Å². The number of hydrogen-bond donors (Lipinski definition) is 1. The number of benzene rings is 1. The number of nitrogens with zero attached hydrogens (tertiary/aromatic N) is 2. The van der Waals surface area contributed by atoms with Crippen molar-refractivity contribution in [1.29, 1.82) is 0 Å². The van der Waals surface area contributed by atoms with E-state index < -0.39 is 0 Å². The summed E-state index contributed by atoms with van der Waals surface area (Å²) in [6.45, 7) is 2.60. The molecule has 0 saturated heterocycles. The summed E-state index contributed by atoms with van der Waals surface area (Å²) in [7, 11) is 0. The van der Waals surface area contributed by atoms with Crippen LogP contribution in [0, 0.1) is 5.92 Å². The molecule has 0 saturated carbocycles. The number of carbonyl (C=O) groups excluding carboxylic acids is 1. The SMILES string of the molecule is CC1=NN(Cc2ccc(Cl)cc2)C(=O)C1CN. The standard InChI is InChI=1S/C12H14ClN3O/c1-8-11(6-14)12(17)16(15-8)7-9-2-4-10(13)5-3-9/h2-5,11H,6-7,14H2,1H3. The average molecular weight is 252 g/mol. The third-order valence-electron chi connectivity index (χ3n) is 2.82. The first-order valence-corrected chi connectivity index (χ1v) is 5.80. The molecule has 0 bridgehead atoms. The van der Waals surface area contributed by atoms with Crippen molar-refractivity contribution < 1.29 is 4.79 Å². The number of nitrogens with two attached hydrogens (primary N) is 1. The summed E-state index contributed by atoms with van der Waals surface area (Å²) in [6, 6.07) is 7.37. The fourth-order valence-corrected chi connectivity index (χ4v) is 1.94. The van der Waals surface area contributed by atoms with Gasteiger partial charge in [-0.3, -0.25) is 4.79 Å². The zero-order valence-electron chi connectivity index (χ0n) is 9.56. The van der Waals surface area contributed by atoms with Crippen LogP contribution >= 0.6 is 11.6 Å². The molecule has 1 aliphatic heterocycles. The fourth-order valence-electron chi connectivity index (χ4n) is 1.82. The molecule has 0 radical (unpaired) electrons. The van der Waals surface area contributed by atoms with Crippen LogP contribution in [0.1, 0.15) is 12.5 Å². The normalized spacial score (nSPS) is 19.7. The van der Waals surface area contributed by atoms with Crippen LogP contribution in [-0.2, 0) is 11.3 Å². The predicted octanol–water partition coefficient (Wildman–Crippen LogP) is 1.63. The van der Waals surface area contributed by atoms with E-state index in [-0.39, 0.29) is 11.8 Å². The lowest BCUT2D eigenvalue weighted by Crippen LogP contribution is -2.31. The number of amides is 1. The molecule has 2 N–H and O–H groups in total. The zero-order valence-corrected chi connectivity index (χ0v) is 10.3. The van der Waals surface area contributed by atoms with E-state index in [9.17, 15) is 4.79 Å². The van der Waals surface area contributed by atoms with Crippen molar-refractivity contribution in [3.8, 4) is 0 Å². The summed E-state index contributed by atoms with van der Waals surface area (Å²) in [4.78, 5) is 11.9. The molecule has 90 valence electrons. The minimum Gasteiger partial charge on any atom is -0.329 e. The van der Waals surface area contributed by atoms with E-state index in [0.717, 1.165) is 11.3 Å². The summed E-state index contributed by atoms with van der Waals surface area (Å²) in [6.07, 6.45) is 0. The van der Waals surface area contributed by atoms with Gasteiger partial charge in [-0.25, -0.2) is 5.01 Å². The van der Waals surface area contributed by atoms with Crippen LogP contribution in [0.15, 0.2) is 29.4 Å². The topological polar surface area (TPSA) is 58.7 Å². The highest BCUT2D eigenvalue weighted by atomic mass is 35.5. The molecule has 4 nitrogen and oxygen atoms in total. The van der Waals surface area contributed by atoms with Gasteiger partial charge in [-0.2, -0.15) is 5.10 Å². The first-order chi connectivity index (χ1) is 8.11. The third kappa shape index (κ3) is 2.48. The minimum atomic E-state index is -0.262. The Balaban J connectivity index is 2.10. The highest BCUT2D eigenvalue weighted by Gasteiger charge is 2.31. The van der Waals surface area contributed by atoms with Crippen LogP contribution < -0.4 is 5.73 Å². The van der Waals surface area contributed by atoms with Gasteiger partial charge in [0.25, 0.3) is 5.91 Å². The van der Waals surface area contributed by atoms with Gasteiger partial charge < -0.3 is 5.73 Å². The van der Waals surface area contributed by atoms with Gasteiger partial charge in [-0.15, -0.1) is 0 Å². The van der Waals surface area contributed by atoms with Gasteiger partial charge in [0.1, 0.15) is 0 Å². The Morgan fingerprint density at radius 3 is 2.59 bits per heavy atom. The summed E-state index contributed by atoms with van der Waals surface area (Å²) in [5.41, 5.74) is 7.33. The van der Waals surface area contributed by atoms with Crippen molar-refractivity contribution in [3.63, 3.8) is 0 Å². The van der Waals surface area contributed by atoms with Gasteiger partial charge in [0.05, 0.1) is 12.5 Å². The van der Waals surface area contributed by atoms with Crippen LogP contribution in [0.5, 0.6) is 0 Å².